The standard InChI is InChI=1S/C15H14FN3O2/c16-14-4-2-1-3-12(14)10-21-13-7-5-11(6-8-13)9-18-19-15(17)20/h1-9H,10H2,(H3,17,19,20)/b18-9-. The summed E-state index contributed by atoms with van der Waals surface area (Å²) in [4.78, 5) is 10.4. The van der Waals surface area contributed by atoms with Gasteiger partial charge in [-0.15, -0.1) is 0 Å². The maximum absolute atomic E-state index is 13.4. The minimum atomic E-state index is -0.726. The van der Waals surface area contributed by atoms with Gasteiger partial charge >= 0.3 is 6.03 Å². The highest BCUT2D eigenvalue weighted by Crippen LogP contribution is 2.14. The number of nitrogens with one attached hydrogen (secondary N) is 1. The van der Waals surface area contributed by atoms with E-state index in [0.717, 1.165) is 5.56 Å². The van der Waals surface area contributed by atoms with Gasteiger partial charge in [0.2, 0.25) is 0 Å². The smallest absolute Gasteiger partial charge is 0.332 e. The van der Waals surface area contributed by atoms with E-state index in [2.05, 4.69) is 10.5 Å². The molecule has 0 heterocycles. The van der Waals surface area contributed by atoms with Gasteiger partial charge in [-0.2, -0.15) is 5.10 Å². The zero-order valence-electron chi connectivity index (χ0n) is 11.1. The highest BCUT2D eigenvalue weighted by atomic mass is 19.1. The first-order valence-electron chi connectivity index (χ1n) is 6.20. The number of benzene rings is 2. The van der Waals surface area contributed by atoms with Crippen molar-refractivity contribution in [3.63, 3.8) is 0 Å². The van der Waals surface area contributed by atoms with Crippen molar-refractivity contribution in [1.82, 2.24) is 5.43 Å². The highest BCUT2D eigenvalue weighted by molar-refractivity contribution is 5.81. The quantitative estimate of drug-likeness (QED) is 0.654. The predicted molar refractivity (Wildman–Crippen MR) is 77.5 cm³/mol. The molecule has 5 nitrogen and oxygen atoms in total. The summed E-state index contributed by atoms with van der Waals surface area (Å²) in [5.41, 5.74) is 8.23. The van der Waals surface area contributed by atoms with Gasteiger partial charge < -0.3 is 10.5 Å². The van der Waals surface area contributed by atoms with E-state index < -0.39 is 6.03 Å². The first kappa shape index (κ1) is 14.5. The summed E-state index contributed by atoms with van der Waals surface area (Å²) in [5.74, 6) is 0.317. The molecule has 0 fully saturated rings. The summed E-state index contributed by atoms with van der Waals surface area (Å²) in [5, 5.41) is 3.64. The molecule has 108 valence electrons. The molecule has 2 rings (SSSR count). The van der Waals surface area contributed by atoms with Crippen LogP contribution in [-0.2, 0) is 6.61 Å². The zero-order chi connectivity index (χ0) is 15.1. The van der Waals surface area contributed by atoms with Crippen molar-refractivity contribution < 1.29 is 13.9 Å². The second-order valence-corrected chi connectivity index (χ2v) is 4.18. The third kappa shape index (κ3) is 4.61. The van der Waals surface area contributed by atoms with Gasteiger partial charge in [0.1, 0.15) is 18.2 Å². The molecule has 0 radical (unpaired) electrons. The number of carbonyl (C=O) groups is 1. The predicted octanol–water partition coefficient (Wildman–Crippen LogP) is 2.41. The van der Waals surface area contributed by atoms with E-state index in [4.69, 9.17) is 10.5 Å². The number of ether oxygens (including phenoxy) is 1. The highest BCUT2D eigenvalue weighted by Gasteiger charge is 2.01. The number of nitrogens with two attached hydrogens (primary N) is 1. The summed E-state index contributed by atoms with van der Waals surface area (Å²) >= 11 is 0. The molecule has 21 heavy (non-hydrogen) atoms. The maximum atomic E-state index is 13.4. The lowest BCUT2D eigenvalue weighted by atomic mass is 10.2. The van der Waals surface area contributed by atoms with Crippen molar-refractivity contribution in [3.05, 3.63) is 65.5 Å². The maximum Gasteiger partial charge on any atom is 0.332 e. The monoisotopic (exact) mass is 287 g/mol. The van der Waals surface area contributed by atoms with Crippen LogP contribution in [0.4, 0.5) is 9.18 Å². The molecule has 2 aromatic rings. The molecule has 3 N–H and O–H groups in total. The van der Waals surface area contributed by atoms with Gasteiger partial charge in [0.05, 0.1) is 6.21 Å². The number of hydrogen-bond acceptors (Lipinski definition) is 3. The summed E-state index contributed by atoms with van der Waals surface area (Å²) in [6.45, 7) is 0.156. The van der Waals surface area contributed by atoms with Gasteiger partial charge in [0, 0.05) is 5.56 Å². The van der Waals surface area contributed by atoms with Gasteiger partial charge in [-0.25, -0.2) is 14.6 Å². The van der Waals surface area contributed by atoms with Crippen LogP contribution in [0.1, 0.15) is 11.1 Å². The van der Waals surface area contributed by atoms with Crippen molar-refractivity contribution in [2.45, 2.75) is 6.61 Å². The average molecular weight is 287 g/mol. The van der Waals surface area contributed by atoms with Gasteiger partial charge in [-0.3, -0.25) is 0 Å². The number of hydrogen-bond donors (Lipinski definition) is 2. The Morgan fingerprint density at radius 3 is 2.62 bits per heavy atom. The van der Waals surface area contributed by atoms with Crippen LogP contribution in [0, 0.1) is 5.82 Å². The Hall–Kier alpha value is -2.89. The number of hydrazone groups is 1. The molecule has 0 saturated carbocycles. The van der Waals surface area contributed by atoms with Crippen LogP contribution >= 0.6 is 0 Å². The van der Waals surface area contributed by atoms with Crippen molar-refractivity contribution in [2.24, 2.45) is 10.8 Å². The van der Waals surface area contributed by atoms with Crippen molar-refractivity contribution >= 4 is 12.2 Å². The topological polar surface area (TPSA) is 76.7 Å². The third-order valence-electron chi connectivity index (χ3n) is 2.62. The van der Waals surface area contributed by atoms with Gasteiger partial charge in [-0.1, -0.05) is 18.2 Å². The molecule has 2 amide bonds. The third-order valence-corrected chi connectivity index (χ3v) is 2.62. The summed E-state index contributed by atoms with van der Waals surface area (Å²) in [6.07, 6.45) is 1.45. The minimum absolute atomic E-state index is 0.156. The molecule has 0 spiro atoms. The lowest BCUT2D eigenvalue weighted by molar-refractivity contribution is 0.249. The normalized spacial score (nSPS) is 10.5. The first-order valence-corrected chi connectivity index (χ1v) is 6.20. The zero-order valence-corrected chi connectivity index (χ0v) is 11.1. The number of urea groups is 1. The lowest BCUT2D eigenvalue weighted by Gasteiger charge is -2.07. The Kier molecular flexibility index (Phi) is 4.87. The molecule has 0 aliphatic heterocycles. The number of carbonyl (C=O) groups excluding carboxylic acids is 1. The van der Waals surface area contributed by atoms with E-state index in [0.29, 0.717) is 11.3 Å². The molecule has 0 aliphatic rings. The van der Waals surface area contributed by atoms with Gasteiger partial charge in [-0.05, 0) is 35.9 Å². The Morgan fingerprint density at radius 1 is 1.24 bits per heavy atom. The van der Waals surface area contributed by atoms with Crippen LogP contribution in [0.5, 0.6) is 5.75 Å². The molecular weight excluding hydrogens is 273 g/mol. The Labute approximate surface area is 121 Å². The Balaban J connectivity index is 1.92. The van der Waals surface area contributed by atoms with Crippen LogP contribution in [0.3, 0.4) is 0 Å². The number of rotatable bonds is 5. The fourth-order valence-electron chi connectivity index (χ4n) is 1.60. The molecule has 0 aliphatic carbocycles. The van der Waals surface area contributed by atoms with Crippen LogP contribution in [-0.4, -0.2) is 12.2 Å². The van der Waals surface area contributed by atoms with Crippen LogP contribution in [0.2, 0.25) is 0 Å². The van der Waals surface area contributed by atoms with E-state index in [1.807, 2.05) is 0 Å². The number of nitrogens with zero attached hydrogens (tertiary/aromatic N) is 1. The fourth-order valence-corrected chi connectivity index (χ4v) is 1.60. The van der Waals surface area contributed by atoms with Crippen molar-refractivity contribution in [1.29, 1.82) is 0 Å². The van der Waals surface area contributed by atoms with Crippen LogP contribution < -0.4 is 15.9 Å². The van der Waals surface area contributed by atoms with E-state index >= 15 is 0 Å². The molecule has 2 aromatic carbocycles. The second-order valence-electron chi connectivity index (χ2n) is 4.18. The number of amides is 2. The second kappa shape index (κ2) is 7.04. The molecule has 0 saturated heterocycles. The van der Waals surface area contributed by atoms with Gasteiger partial charge in [0.25, 0.3) is 0 Å². The van der Waals surface area contributed by atoms with E-state index in [-0.39, 0.29) is 12.4 Å². The van der Waals surface area contributed by atoms with Gasteiger partial charge in [0.15, 0.2) is 0 Å². The van der Waals surface area contributed by atoms with Crippen LogP contribution in [0.25, 0.3) is 0 Å². The van der Waals surface area contributed by atoms with Crippen LogP contribution in [0.15, 0.2) is 53.6 Å². The number of halogens is 1. The average Bonchev–Trinajstić information content (AvgIpc) is 2.47. The molecular formula is C15H14FN3O2. The Morgan fingerprint density at radius 2 is 1.95 bits per heavy atom. The van der Waals surface area contributed by atoms with Crippen molar-refractivity contribution in [3.8, 4) is 5.75 Å². The summed E-state index contributed by atoms with van der Waals surface area (Å²) in [7, 11) is 0. The number of primary amides is 1. The minimum Gasteiger partial charge on any atom is -0.489 e. The van der Waals surface area contributed by atoms with E-state index in [1.54, 1.807) is 42.5 Å². The molecule has 6 heteroatoms. The summed E-state index contributed by atoms with van der Waals surface area (Å²) < 4.78 is 18.9. The molecule has 0 bridgehead atoms. The van der Waals surface area contributed by atoms with E-state index in [1.165, 1.54) is 12.3 Å². The van der Waals surface area contributed by atoms with Crippen molar-refractivity contribution in [2.75, 3.05) is 0 Å². The molecule has 0 unspecified atom stereocenters. The van der Waals surface area contributed by atoms with E-state index in [9.17, 15) is 9.18 Å². The molecule has 0 aromatic heterocycles. The first-order chi connectivity index (χ1) is 10.1. The lowest BCUT2D eigenvalue weighted by Crippen LogP contribution is -2.24. The summed E-state index contributed by atoms with van der Waals surface area (Å²) in [6, 6.07) is 12.7. The SMILES string of the molecule is NC(=O)N/N=C\c1ccc(OCc2ccccc2F)cc1. The fraction of sp³-hybridized carbons (Fsp3) is 0.0667. The molecule has 0 atom stereocenters. The largest absolute Gasteiger partial charge is 0.489 e. The Bertz CT molecular complexity index is 642.